The van der Waals surface area contributed by atoms with E-state index < -0.39 is 0 Å². The molecule has 0 N–H and O–H groups in total. The maximum absolute atomic E-state index is 2.57. The van der Waals surface area contributed by atoms with E-state index in [0.29, 0.717) is 7.92 Å². The van der Waals surface area contributed by atoms with Gasteiger partial charge in [-0.25, -0.2) is 0 Å². The number of hydrogen-bond donors (Lipinski definition) is 0. The quantitative estimate of drug-likeness (QED) is 0.167. The van der Waals surface area contributed by atoms with Gasteiger partial charge in [0, 0.05) is 9.75 Å². The van der Waals surface area contributed by atoms with E-state index in [1.165, 1.54) is 89.9 Å². The molecule has 0 nitrogen and oxygen atoms in total. The molecule has 1 aromatic rings. The monoisotopic (exact) mass is 410 g/mol. The second-order valence-corrected chi connectivity index (χ2v) is 12.1. The van der Waals surface area contributed by atoms with Gasteiger partial charge in [0.05, 0.1) is 0 Å². The minimum Gasteiger partial charge on any atom is -0.145 e. The topological polar surface area (TPSA) is 0 Å². The van der Waals surface area contributed by atoms with Crippen molar-refractivity contribution >= 4 is 19.3 Å². The van der Waals surface area contributed by atoms with E-state index in [-0.39, 0.29) is 0 Å². The molecule has 0 spiro atoms. The summed E-state index contributed by atoms with van der Waals surface area (Å²) in [4.78, 5) is 3.38. The predicted octanol–water partition coefficient (Wildman–Crippen LogP) is 9.23. The highest BCUT2D eigenvalue weighted by atomic mass is 32.1. The van der Waals surface area contributed by atoms with Crippen molar-refractivity contribution in [3.63, 3.8) is 0 Å². The van der Waals surface area contributed by atoms with Crippen molar-refractivity contribution in [1.82, 2.24) is 0 Å². The highest BCUT2D eigenvalue weighted by Gasteiger charge is 2.10. The van der Waals surface area contributed by atoms with Crippen LogP contribution >= 0.6 is 19.3 Å². The SMILES string of the molecule is CCCCc1cc(CCCCCP(CCCC)CCCC)sc1CCCC. The van der Waals surface area contributed by atoms with Crippen LogP contribution < -0.4 is 0 Å². The van der Waals surface area contributed by atoms with E-state index >= 15 is 0 Å². The van der Waals surface area contributed by atoms with Gasteiger partial charge in [-0.2, -0.15) is 0 Å². The minimum atomic E-state index is 0.344. The van der Waals surface area contributed by atoms with Crippen molar-refractivity contribution in [2.24, 2.45) is 0 Å². The molecule has 0 radical (unpaired) electrons. The van der Waals surface area contributed by atoms with Crippen LogP contribution in [0.5, 0.6) is 0 Å². The first-order valence-electron chi connectivity index (χ1n) is 12.1. The van der Waals surface area contributed by atoms with Gasteiger partial charge in [0.25, 0.3) is 0 Å². The molecule has 0 atom stereocenters. The summed E-state index contributed by atoms with van der Waals surface area (Å²) in [7, 11) is 0.344. The summed E-state index contributed by atoms with van der Waals surface area (Å²) in [6, 6.07) is 2.57. The first kappa shape index (κ1) is 25.2. The normalized spacial score (nSPS) is 11.6. The Morgan fingerprint density at radius 2 is 1.22 bits per heavy atom. The lowest BCUT2D eigenvalue weighted by molar-refractivity contribution is 0.722. The summed E-state index contributed by atoms with van der Waals surface area (Å²) in [5.74, 6) is 0. The Balaban J connectivity index is 2.35. The lowest BCUT2D eigenvalue weighted by Gasteiger charge is -2.17. The van der Waals surface area contributed by atoms with Crippen molar-refractivity contribution in [3.8, 4) is 0 Å². The van der Waals surface area contributed by atoms with Gasteiger partial charge in [0.15, 0.2) is 0 Å². The zero-order valence-electron chi connectivity index (χ0n) is 19.0. The zero-order chi connectivity index (χ0) is 19.7. The zero-order valence-corrected chi connectivity index (χ0v) is 20.7. The molecule has 27 heavy (non-hydrogen) atoms. The smallest absolute Gasteiger partial charge is 0.00801 e. The molecule has 0 aliphatic heterocycles. The second-order valence-electron chi connectivity index (χ2n) is 8.23. The second kappa shape index (κ2) is 17.0. The van der Waals surface area contributed by atoms with Gasteiger partial charge in [0.2, 0.25) is 0 Å². The maximum Gasteiger partial charge on any atom is 0.00801 e. The first-order chi connectivity index (χ1) is 13.2. The fourth-order valence-corrected chi connectivity index (χ4v) is 7.86. The van der Waals surface area contributed by atoms with Crippen molar-refractivity contribution in [2.45, 2.75) is 118 Å². The first-order valence-corrected chi connectivity index (χ1v) is 14.8. The molecule has 0 aromatic carbocycles. The lowest BCUT2D eigenvalue weighted by Crippen LogP contribution is -1.96. The fraction of sp³-hybridized carbons (Fsp3) is 0.840. The number of hydrogen-bond acceptors (Lipinski definition) is 1. The van der Waals surface area contributed by atoms with Crippen LogP contribution in [0.2, 0.25) is 0 Å². The Kier molecular flexibility index (Phi) is 15.9. The summed E-state index contributed by atoms with van der Waals surface area (Å²) >= 11 is 2.14. The third kappa shape index (κ3) is 11.7. The third-order valence-electron chi connectivity index (χ3n) is 5.56. The molecule has 0 unspecified atom stereocenters. The number of thiophene rings is 1. The van der Waals surface area contributed by atoms with Crippen LogP contribution in [0, 0.1) is 0 Å². The highest BCUT2D eigenvalue weighted by molar-refractivity contribution is 7.57. The Morgan fingerprint density at radius 1 is 0.630 bits per heavy atom. The van der Waals surface area contributed by atoms with Crippen LogP contribution in [0.4, 0.5) is 0 Å². The van der Waals surface area contributed by atoms with Gasteiger partial charge in [-0.15, -0.1) is 19.3 Å². The van der Waals surface area contributed by atoms with Crippen LogP contribution in [0.25, 0.3) is 0 Å². The number of unbranched alkanes of at least 4 members (excludes halogenated alkanes) is 6. The van der Waals surface area contributed by atoms with E-state index in [2.05, 4.69) is 45.1 Å². The Morgan fingerprint density at radius 3 is 1.85 bits per heavy atom. The molecule has 158 valence electrons. The van der Waals surface area contributed by atoms with Crippen LogP contribution in [-0.2, 0) is 19.3 Å². The van der Waals surface area contributed by atoms with Gasteiger partial charge in [-0.05, 0) is 87.9 Å². The van der Waals surface area contributed by atoms with Crippen LogP contribution in [-0.4, -0.2) is 18.5 Å². The Bertz CT molecular complexity index is 418. The third-order valence-corrected chi connectivity index (χ3v) is 9.70. The van der Waals surface area contributed by atoms with E-state index in [1.807, 2.05) is 0 Å². The Labute approximate surface area is 176 Å². The molecule has 0 aliphatic rings. The van der Waals surface area contributed by atoms with E-state index in [0.717, 1.165) is 0 Å². The molecule has 0 saturated heterocycles. The van der Waals surface area contributed by atoms with E-state index in [1.54, 1.807) is 33.8 Å². The fourth-order valence-electron chi connectivity index (χ4n) is 3.69. The summed E-state index contributed by atoms with van der Waals surface area (Å²) in [5, 5.41) is 0. The highest BCUT2D eigenvalue weighted by Crippen LogP contribution is 2.39. The lowest BCUT2D eigenvalue weighted by atomic mass is 10.1. The molecule has 0 saturated carbocycles. The molecular weight excluding hydrogens is 363 g/mol. The number of rotatable bonds is 18. The number of aryl methyl sites for hydroxylation is 3. The largest absolute Gasteiger partial charge is 0.145 e. The molecule has 1 aromatic heterocycles. The Hall–Kier alpha value is 0.130. The summed E-state index contributed by atoms with van der Waals surface area (Å²) in [6.07, 6.45) is 24.0. The molecule has 0 aliphatic carbocycles. The van der Waals surface area contributed by atoms with E-state index in [4.69, 9.17) is 0 Å². The minimum absolute atomic E-state index is 0.344. The summed E-state index contributed by atoms with van der Waals surface area (Å²) in [6.45, 7) is 9.32. The average Bonchev–Trinajstić information content (AvgIpc) is 3.07. The van der Waals surface area contributed by atoms with Gasteiger partial charge in [-0.3, -0.25) is 0 Å². The maximum atomic E-state index is 2.57. The average molecular weight is 411 g/mol. The van der Waals surface area contributed by atoms with Crippen molar-refractivity contribution in [2.75, 3.05) is 18.5 Å². The van der Waals surface area contributed by atoms with Crippen LogP contribution in [0.3, 0.4) is 0 Å². The van der Waals surface area contributed by atoms with Crippen molar-refractivity contribution in [1.29, 1.82) is 0 Å². The van der Waals surface area contributed by atoms with Gasteiger partial charge < -0.3 is 0 Å². The van der Waals surface area contributed by atoms with Crippen LogP contribution in [0.1, 0.15) is 114 Å². The van der Waals surface area contributed by atoms with E-state index in [9.17, 15) is 0 Å². The van der Waals surface area contributed by atoms with Crippen molar-refractivity contribution in [3.05, 3.63) is 21.4 Å². The predicted molar refractivity (Wildman–Crippen MR) is 130 cm³/mol. The molecule has 0 bridgehead atoms. The van der Waals surface area contributed by atoms with Crippen LogP contribution in [0.15, 0.2) is 6.07 Å². The van der Waals surface area contributed by atoms with Gasteiger partial charge in [-0.1, -0.05) is 59.8 Å². The molecule has 1 rings (SSSR count). The summed E-state index contributed by atoms with van der Waals surface area (Å²) < 4.78 is 0. The molecular formula is C25H47PS. The van der Waals surface area contributed by atoms with Gasteiger partial charge >= 0.3 is 0 Å². The standard InChI is InChI=1S/C25H47PS/c1-5-9-16-23-22-24(27-25(23)18-10-6-2)17-14-13-15-21-26(19-11-7-3)20-12-8-4/h22H,5-21H2,1-4H3. The summed E-state index contributed by atoms with van der Waals surface area (Å²) in [5.41, 5.74) is 1.69. The molecule has 1 heterocycles. The molecule has 2 heteroatoms. The van der Waals surface area contributed by atoms with Gasteiger partial charge in [0.1, 0.15) is 0 Å². The molecule has 0 amide bonds. The van der Waals surface area contributed by atoms with Crippen molar-refractivity contribution < 1.29 is 0 Å². The molecule has 0 fully saturated rings.